The molecule has 0 bridgehead atoms. The summed E-state index contributed by atoms with van der Waals surface area (Å²) < 4.78 is 38.1. The minimum absolute atomic E-state index is 0.125. The largest absolute Gasteiger partial charge is 0.457 e. The van der Waals surface area contributed by atoms with Gasteiger partial charge in [-0.2, -0.15) is 8.42 Å². The van der Waals surface area contributed by atoms with Gasteiger partial charge in [-0.1, -0.05) is 50.8 Å². The van der Waals surface area contributed by atoms with E-state index in [9.17, 15) is 13.0 Å². The number of aryl methyl sites for hydroxylation is 1. The number of benzene rings is 2. The molecule has 0 spiro atoms. The van der Waals surface area contributed by atoms with Gasteiger partial charge in [-0.05, 0) is 42.7 Å². The lowest BCUT2D eigenvalue weighted by Gasteiger charge is -2.10. The van der Waals surface area contributed by atoms with Crippen LogP contribution in [0.3, 0.4) is 0 Å². The van der Waals surface area contributed by atoms with E-state index in [0.717, 1.165) is 24.8 Å². The van der Waals surface area contributed by atoms with Gasteiger partial charge in [0.15, 0.2) is 0 Å². The highest BCUT2D eigenvalue weighted by Gasteiger charge is 2.13. The highest BCUT2D eigenvalue weighted by Crippen LogP contribution is 2.26. The first-order valence-electron chi connectivity index (χ1n) is 8.33. The summed E-state index contributed by atoms with van der Waals surface area (Å²) in [6.45, 7) is 2.17. The van der Waals surface area contributed by atoms with Crippen molar-refractivity contribution in [2.24, 2.45) is 0 Å². The fraction of sp³-hybridized carbons (Fsp3) is 0.368. The van der Waals surface area contributed by atoms with Crippen LogP contribution in [-0.2, 0) is 16.5 Å². The third-order valence-corrected chi connectivity index (χ3v) is 4.62. The van der Waals surface area contributed by atoms with Crippen LogP contribution in [0.25, 0.3) is 0 Å². The highest BCUT2D eigenvalue weighted by atomic mass is 32.2. The lowest BCUT2D eigenvalue weighted by Crippen LogP contribution is -2.00. The van der Waals surface area contributed by atoms with Crippen molar-refractivity contribution in [1.82, 2.24) is 0 Å². The molecule has 0 saturated carbocycles. The maximum Gasteiger partial charge on any atom is 0.294 e. The molecule has 0 fully saturated rings. The third-order valence-electron chi connectivity index (χ3n) is 3.79. The maximum absolute atomic E-state index is 11.5. The molecule has 0 heterocycles. The first-order valence-corrected chi connectivity index (χ1v) is 9.77. The quantitative estimate of drug-likeness (QED) is 0.497. The van der Waals surface area contributed by atoms with Crippen molar-refractivity contribution in [1.29, 1.82) is 0 Å². The lowest BCUT2D eigenvalue weighted by molar-refractivity contribution is 0.470. The molecule has 2 rings (SSSR count). The summed E-state index contributed by atoms with van der Waals surface area (Å²) in [7, 11) is -4.26. The Morgan fingerprint density at radius 1 is 0.917 bits per heavy atom. The van der Waals surface area contributed by atoms with Gasteiger partial charge in [-0.15, -0.1) is 0 Å². The Hall–Kier alpha value is -1.85. The van der Waals surface area contributed by atoms with Crippen LogP contribution in [0.2, 0.25) is 0 Å². The van der Waals surface area contributed by atoms with Crippen LogP contribution in [0.15, 0.2) is 53.4 Å². The first-order chi connectivity index (χ1) is 11.5. The van der Waals surface area contributed by atoms with E-state index in [1.54, 1.807) is 12.1 Å². The highest BCUT2D eigenvalue weighted by molar-refractivity contribution is 7.85. The van der Waals surface area contributed by atoms with E-state index >= 15 is 0 Å². The minimum Gasteiger partial charge on any atom is -0.457 e. The van der Waals surface area contributed by atoms with Gasteiger partial charge in [0, 0.05) is 6.07 Å². The number of rotatable bonds is 9. The van der Waals surface area contributed by atoms with Crippen molar-refractivity contribution in [3.63, 3.8) is 0 Å². The zero-order chi connectivity index (χ0) is 17.4. The van der Waals surface area contributed by atoms with Crippen molar-refractivity contribution in [3.8, 4) is 11.5 Å². The predicted octanol–water partition coefficient (Wildman–Crippen LogP) is 5.24. The second-order valence-electron chi connectivity index (χ2n) is 5.87. The zero-order valence-corrected chi connectivity index (χ0v) is 14.8. The summed E-state index contributed by atoms with van der Waals surface area (Å²) >= 11 is 0. The van der Waals surface area contributed by atoms with E-state index in [2.05, 4.69) is 6.92 Å². The van der Waals surface area contributed by atoms with Crippen molar-refractivity contribution in [2.75, 3.05) is 0 Å². The van der Waals surface area contributed by atoms with Crippen LogP contribution in [0.5, 0.6) is 11.5 Å². The molecule has 2 aromatic carbocycles. The normalized spacial score (nSPS) is 11.4. The van der Waals surface area contributed by atoms with Gasteiger partial charge in [-0.25, -0.2) is 0 Å². The van der Waals surface area contributed by atoms with Crippen LogP contribution >= 0.6 is 0 Å². The summed E-state index contributed by atoms with van der Waals surface area (Å²) in [6.07, 6.45) is 6.44. The maximum atomic E-state index is 11.5. The Bertz CT molecular complexity index is 739. The summed E-state index contributed by atoms with van der Waals surface area (Å²) in [5, 5.41) is 0. The Morgan fingerprint density at radius 2 is 1.62 bits per heavy atom. The molecule has 0 aliphatic carbocycles. The van der Waals surface area contributed by atoms with Crippen LogP contribution in [0.1, 0.15) is 44.6 Å². The van der Waals surface area contributed by atoms with E-state index < -0.39 is 10.1 Å². The third kappa shape index (κ3) is 5.98. The second-order valence-corrected chi connectivity index (χ2v) is 7.29. The molecule has 0 aromatic heterocycles. The molecule has 0 aliphatic rings. The molecular weight excluding hydrogens is 324 g/mol. The van der Waals surface area contributed by atoms with Crippen LogP contribution in [0, 0.1) is 0 Å². The molecule has 0 amide bonds. The van der Waals surface area contributed by atoms with Crippen molar-refractivity contribution in [3.05, 3.63) is 54.1 Å². The summed E-state index contributed by atoms with van der Waals surface area (Å²) in [6, 6.07) is 13.9. The Labute approximate surface area is 144 Å². The van der Waals surface area contributed by atoms with Gasteiger partial charge in [0.25, 0.3) is 10.1 Å². The molecule has 1 N–H and O–H groups in total. The molecule has 24 heavy (non-hydrogen) atoms. The monoisotopic (exact) mass is 348 g/mol. The summed E-state index contributed by atoms with van der Waals surface area (Å²) in [4.78, 5) is -0.125. The van der Waals surface area contributed by atoms with E-state index in [0.29, 0.717) is 11.5 Å². The van der Waals surface area contributed by atoms with Crippen LogP contribution in [-0.4, -0.2) is 13.0 Å². The Kier molecular flexibility index (Phi) is 6.82. The molecule has 0 radical (unpaired) electrons. The van der Waals surface area contributed by atoms with Crippen molar-refractivity contribution >= 4 is 10.1 Å². The number of hydrogen-bond donors (Lipinski definition) is 1. The Morgan fingerprint density at radius 3 is 2.29 bits per heavy atom. The minimum atomic E-state index is -4.26. The molecule has 5 heteroatoms. The molecular formula is C19H24O4S. The average molecular weight is 348 g/mol. The lowest BCUT2D eigenvalue weighted by atomic mass is 10.1. The van der Waals surface area contributed by atoms with Crippen LogP contribution in [0.4, 0.5) is 0 Å². The van der Waals surface area contributed by atoms with Gasteiger partial charge in [0.1, 0.15) is 11.5 Å². The van der Waals surface area contributed by atoms with Crippen molar-refractivity contribution < 1.29 is 17.7 Å². The standard InChI is InChI=1S/C19H24O4S/c1-2-3-4-5-7-10-16-13-18(15-19(14-16)24(20,21)22)23-17-11-8-6-9-12-17/h6,8-9,11-15H,2-5,7,10H2,1H3,(H,20,21,22). The second kappa shape index (κ2) is 8.85. The number of para-hydroxylation sites is 1. The number of ether oxygens (including phenoxy) is 1. The van der Waals surface area contributed by atoms with Gasteiger partial charge in [-0.3, -0.25) is 4.55 Å². The van der Waals surface area contributed by atoms with Gasteiger partial charge in [0.05, 0.1) is 4.90 Å². The molecule has 130 valence electrons. The smallest absolute Gasteiger partial charge is 0.294 e. The molecule has 0 atom stereocenters. The number of unbranched alkanes of at least 4 members (excludes halogenated alkanes) is 4. The van der Waals surface area contributed by atoms with Crippen LogP contribution < -0.4 is 4.74 Å². The zero-order valence-electron chi connectivity index (χ0n) is 13.9. The molecule has 0 unspecified atom stereocenters. The van der Waals surface area contributed by atoms with E-state index in [-0.39, 0.29) is 4.90 Å². The first kappa shape index (κ1) is 18.5. The molecule has 0 saturated heterocycles. The van der Waals surface area contributed by atoms with E-state index in [1.807, 2.05) is 24.3 Å². The Balaban J connectivity index is 2.15. The van der Waals surface area contributed by atoms with E-state index in [1.165, 1.54) is 31.4 Å². The fourth-order valence-corrected chi connectivity index (χ4v) is 3.11. The van der Waals surface area contributed by atoms with E-state index in [4.69, 9.17) is 4.74 Å². The van der Waals surface area contributed by atoms with Crippen molar-refractivity contribution in [2.45, 2.75) is 50.3 Å². The SMILES string of the molecule is CCCCCCCc1cc(Oc2ccccc2)cc(S(=O)(=O)O)c1. The molecule has 4 nitrogen and oxygen atoms in total. The van der Waals surface area contributed by atoms with Gasteiger partial charge in [0.2, 0.25) is 0 Å². The number of hydrogen-bond acceptors (Lipinski definition) is 3. The molecule has 2 aromatic rings. The summed E-state index contributed by atoms with van der Waals surface area (Å²) in [5.74, 6) is 1.04. The molecule has 0 aliphatic heterocycles. The van der Waals surface area contributed by atoms with Gasteiger partial charge >= 0.3 is 0 Å². The fourth-order valence-electron chi connectivity index (χ4n) is 2.54. The predicted molar refractivity (Wildman–Crippen MR) is 95.2 cm³/mol. The summed E-state index contributed by atoms with van der Waals surface area (Å²) in [5.41, 5.74) is 0.854. The average Bonchev–Trinajstić information content (AvgIpc) is 2.55. The topological polar surface area (TPSA) is 63.6 Å². The van der Waals surface area contributed by atoms with Gasteiger partial charge < -0.3 is 4.74 Å².